The van der Waals surface area contributed by atoms with Crippen molar-refractivity contribution in [3.63, 3.8) is 0 Å². The highest BCUT2D eigenvalue weighted by Gasteiger charge is 2.14. The van der Waals surface area contributed by atoms with Crippen molar-refractivity contribution in [1.29, 1.82) is 0 Å². The topological polar surface area (TPSA) is 72.5 Å². The molecular weight excluding hydrogens is 261 g/mol. The number of rotatable bonds is 4. The molecule has 0 aliphatic carbocycles. The van der Waals surface area contributed by atoms with Gasteiger partial charge in [0.25, 0.3) is 0 Å². The molecule has 0 aliphatic rings. The van der Waals surface area contributed by atoms with Crippen LogP contribution in [0.4, 0.5) is 10.1 Å². The standard InChI is InChI=1S/C15H14FNO3/c1-9-5-6-11(7-12(9)16)20-8-10-3-2-4-13(17)14(10)15(18)19/h2-7H,8,17H2,1H3,(H,18,19). The van der Waals surface area contributed by atoms with Crippen LogP contribution in [0, 0.1) is 12.7 Å². The van der Waals surface area contributed by atoms with Crippen LogP contribution >= 0.6 is 0 Å². The van der Waals surface area contributed by atoms with E-state index in [1.165, 1.54) is 12.1 Å². The minimum atomic E-state index is -1.11. The van der Waals surface area contributed by atoms with Gasteiger partial charge in [-0.05, 0) is 24.6 Å². The number of carboxylic acid groups (broad SMARTS) is 1. The van der Waals surface area contributed by atoms with Crippen molar-refractivity contribution >= 4 is 11.7 Å². The molecule has 0 aromatic heterocycles. The zero-order valence-corrected chi connectivity index (χ0v) is 10.9. The number of nitrogen functional groups attached to an aromatic ring is 1. The molecular formula is C15H14FNO3. The van der Waals surface area contributed by atoms with E-state index in [0.717, 1.165) is 0 Å². The summed E-state index contributed by atoms with van der Waals surface area (Å²) in [7, 11) is 0. The lowest BCUT2D eigenvalue weighted by Crippen LogP contribution is -2.09. The quantitative estimate of drug-likeness (QED) is 0.841. The molecule has 0 heterocycles. The largest absolute Gasteiger partial charge is 0.489 e. The number of aryl methyl sites for hydroxylation is 1. The van der Waals surface area contributed by atoms with Gasteiger partial charge < -0.3 is 15.6 Å². The van der Waals surface area contributed by atoms with Crippen molar-refractivity contribution < 1.29 is 19.0 Å². The zero-order chi connectivity index (χ0) is 14.7. The van der Waals surface area contributed by atoms with Crippen molar-refractivity contribution in [1.82, 2.24) is 0 Å². The molecule has 0 amide bonds. The Morgan fingerprint density at radius 1 is 1.35 bits per heavy atom. The molecule has 3 N–H and O–H groups in total. The van der Waals surface area contributed by atoms with E-state index in [0.29, 0.717) is 16.9 Å². The predicted octanol–water partition coefficient (Wildman–Crippen LogP) is 2.99. The summed E-state index contributed by atoms with van der Waals surface area (Å²) in [5.74, 6) is -1.14. The summed E-state index contributed by atoms with van der Waals surface area (Å²) in [6, 6.07) is 9.27. The van der Waals surface area contributed by atoms with Crippen LogP contribution in [0.15, 0.2) is 36.4 Å². The molecule has 0 saturated heterocycles. The van der Waals surface area contributed by atoms with E-state index in [-0.39, 0.29) is 23.7 Å². The number of aromatic carboxylic acids is 1. The molecule has 0 radical (unpaired) electrons. The van der Waals surface area contributed by atoms with E-state index in [2.05, 4.69) is 0 Å². The first-order valence-electron chi connectivity index (χ1n) is 5.98. The van der Waals surface area contributed by atoms with E-state index in [9.17, 15) is 9.18 Å². The van der Waals surface area contributed by atoms with E-state index in [4.69, 9.17) is 15.6 Å². The molecule has 2 rings (SSSR count). The van der Waals surface area contributed by atoms with Crippen LogP contribution in [-0.4, -0.2) is 11.1 Å². The van der Waals surface area contributed by atoms with Gasteiger partial charge >= 0.3 is 5.97 Å². The van der Waals surface area contributed by atoms with Crippen molar-refractivity contribution in [3.8, 4) is 5.75 Å². The number of carboxylic acids is 1. The molecule has 0 spiro atoms. The average Bonchev–Trinajstić information content (AvgIpc) is 2.39. The number of nitrogens with two attached hydrogens (primary N) is 1. The van der Waals surface area contributed by atoms with Gasteiger partial charge in [-0.1, -0.05) is 18.2 Å². The Balaban J connectivity index is 2.21. The Morgan fingerprint density at radius 2 is 2.10 bits per heavy atom. The molecule has 0 unspecified atom stereocenters. The van der Waals surface area contributed by atoms with Crippen LogP contribution in [0.1, 0.15) is 21.5 Å². The van der Waals surface area contributed by atoms with E-state index >= 15 is 0 Å². The highest BCUT2D eigenvalue weighted by atomic mass is 19.1. The average molecular weight is 275 g/mol. The number of carbonyl (C=O) groups is 1. The Bertz CT molecular complexity index is 656. The lowest BCUT2D eigenvalue weighted by molar-refractivity contribution is 0.0695. The first kappa shape index (κ1) is 13.9. The third-order valence-corrected chi connectivity index (χ3v) is 2.93. The summed E-state index contributed by atoms with van der Waals surface area (Å²) in [4.78, 5) is 11.2. The molecule has 20 heavy (non-hydrogen) atoms. The van der Waals surface area contributed by atoms with E-state index < -0.39 is 5.97 Å². The van der Waals surface area contributed by atoms with Gasteiger partial charge in [0, 0.05) is 17.3 Å². The molecule has 2 aromatic rings. The van der Waals surface area contributed by atoms with Crippen molar-refractivity contribution in [3.05, 3.63) is 58.9 Å². The van der Waals surface area contributed by atoms with Gasteiger partial charge in [0.05, 0.1) is 5.56 Å². The molecule has 0 aliphatic heterocycles. The van der Waals surface area contributed by atoms with Crippen LogP contribution < -0.4 is 10.5 Å². The molecule has 5 heteroatoms. The summed E-state index contributed by atoms with van der Waals surface area (Å²) >= 11 is 0. The number of hydrogen-bond acceptors (Lipinski definition) is 3. The maximum Gasteiger partial charge on any atom is 0.338 e. The zero-order valence-electron chi connectivity index (χ0n) is 10.9. The fraction of sp³-hybridized carbons (Fsp3) is 0.133. The van der Waals surface area contributed by atoms with Gasteiger partial charge in [-0.3, -0.25) is 0 Å². The van der Waals surface area contributed by atoms with Crippen LogP contribution in [0.2, 0.25) is 0 Å². The van der Waals surface area contributed by atoms with Crippen molar-refractivity contribution in [2.75, 3.05) is 5.73 Å². The summed E-state index contributed by atoms with van der Waals surface area (Å²) in [5, 5.41) is 9.13. The molecule has 0 saturated carbocycles. The summed E-state index contributed by atoms with van der Waals surface area (Å²) in [6.07, 6.45) is 0. The fourth-order valence-corrected chi connectivity index (χ4v) is 1.83. The maximum atomic E-state index is 13.4. The van der Waals surface area contributed by atoms with E-state index in [1.54, 1.807) is 31.2 Å². The molecule has 2 aromatic carbocycles. The van der Waals surface area contributed by atoms with Crippen LogP contribution in [-0.2, 0) is 6.61 Å². The monoisotopic (exact) mass is 275 g/mol. The lowest BCUT2D eigenvalue weighted by atomic mass is 10.1. The lowest BCUT2D eigenvalue weighted by Gasteiger charge is -2.11. The number of anilines is 1. The maximum absolute atomic E-state index is 13.4. The Labute approximate surface area is 115 Å². The van der Waals surface area contributed by atoms with Crippen LogP contribution in [0.3, 0.4) is 0 Å². The highest BCUT2D eigenvalue weighted by Crippen LogP contribution is 2.21. The minimum absolute atomic E-state index is 0.00910. The first-order chi connectivity index (χ1) is 9.49. The van der Waals surface area contributed by atoms with Gasteiger partial charge in [0.1, 0.15) is 18.2 Å². The van der Waals surface area contributed by atoms with E-state index in [1.807, 2.05) is 0 Å². The van der Waals surface area contributed by atoms with Crippen molar-refractivity contribution in [2.24, 2.45) is 0 Å². The summed E-state index contributed by atoms with van der Waals surface area (Å²) in [6.45, 7) is 1.66. The molecule has 0 fully saturated rings. The van der Waals surface area contributed by atoms with Gasteiger partial charge in [0.15, 0.2) is 0 Å². The van der Waals surface area contributed by atoms with Crippen molar-refractivity contribution in [2.45, 2.75) is 13.5 Å². The SMILES string of the molecule is Cc1ccc(OCc2cccc(N)c2C(=O)O)cc1F. The first-order valence-corrected chi connectivity index (χ1v) is 5.98. The number of hydrogen-bond donors (Lipinski definition) is 2. The molecule has 104 valence electrons. The Kier molecular flexibility index (Phi) is 3.89. The predicted molar refractivity (Wildman–Crippen MR) is 73.3 cm³/mol. The summed E-state index contributed by atoms with van der Waals surface area (Å²) < 4.78 is 18.8. The van der Waals surface area contributed by atoms with Crippen LogP contribution in [0.5, 0.6) is 5.75 Å². The number of ether oxygens (including phenoxy) is 1. The fourth-order valence-electron chi connectivity index (χ4n) is 1.83. The van der Waals surface area contributed by atoms with Gasteiger partial charge in [-0.25, -0.2) is 9.18 Å². The van der Waals surface area contributed by atoms with Gasteiger partial charge in [0.2, 0.25) is 0 Å². The third-order valence-electron chi connectivity index (χ3n) is 2.93. The summed E-state index contributed by atoms with van der Waals surface area (Å²) in [5.41, 5.74) is 6.79. The Morgan fingerprint density at radius 3 is 2.75 bits per heavy atom. The van der Waals surface area contributed by atoms with Gasteiger partial charge in [-0.15, -0.1) is 0 Å². The van der Waals surface area contributed by atoms with Gasteiger partial charge in [-0.2, -0.15) is 0 Å². The number of halogens is 1. The highest BCUT2D eigenvalue weighted by molar-refractivity contribution is 5.95. The third kappa shape index (κ3) is 2.88. The Hall–Kier alpha value is -2.56. The smallest absolute Gasteiger partial charge is 0.338 e. The second kappa shape index (κ2) is 5.61. The minimum Gasteiger partial charge on any atom is -0.489 e. The molecule has 4 nitrogen and oxygen atoms in total. The normalized spacial score (nSPS) is 10.3. The number of benzene rings is 2. The molecule has 0 atom stereocenters. The van der Waals surface area contributed by atoms with Crippen LogP contribution in [0.25, 0.3) is 0 Å². The second-order valence-corrected chi connectivity index (χ2v) is 4.39. The molecule has 0 bridgehead atoms. The second-order valence-electron chi connectivity index (χ2n) is 4.39.